The van der Waals surface area contributed by atoms with E-state index in [0.29, 0.717) is 17.9 Å². The van der Waals surface area contributed by atoms with Crippen molar-refractivity contribution in [1.82, 2.24) is 5.10 Å². The fourth-order valence-corrected chi connectivity index (χ4v) is 2.41. The third kappa shape index (κ3) is 4.17. The number of esters is 1. The Morgan fingerprint density at radius 3 is 2.52 bits per heavy atom. The number of anilines is 1. The maximum absolute atomic E-state index is 12.2. The van der Waals surface area contributed by atoms with Crippen molar-refractivity contribution in [3.8, 4) is 0 Å². The Bertz CT molecular complexity index is 907. The molecule has 0 spiro atoms. The number of ether oxygens (including phenoxy) is 1. The second kappa shape index (κ2) is 7.53. The molecule has 0 atom stereocenters. The van der Waals surface area contributed by atoms with Gasteiger partial charge in [-0.05, 0) is 42.4 Å². The SMILES string of the molecule is CCOC(=O)c1ccc(NC(=O)C[n+]2cc3ccccc3cn2)cc1. The Morgan fingerprint density at radius 2 is 1.80 bits per heavy atom. The standard InChI is InChI=1S/C19H17N3O3/c1-2-25-19(24)14-7-9-17(10-8-14)21-18(23)13-22-12-16-6-4-3-5-15(16)11-20-22/h3-12H,2,13H2,1H3/p+1. The highest BCUT2D eigenvalue weighted by atomic mass is 16.5. The van der Waals surface area contributed by atoms with Crippen molar-refractivity contribution in [2.24, 2.45) is 0 Å². The molecule has 3 rings (SSSR count). The molecule has 0 unspecified atom stereocenters. The van der Waals surface area contributed by atoms with E-state index in [1.807, 2.05) is 30.5 Å². The minimum absolute atomic E-state index is 0.102. The Balaban J connectivity index is 1.64. The van der Waals surface area contributed by atoms with Gasteiger partial charge in [0.1, 0.15) is 6.20 Å². The van der Waals surface area contributed by atoms with Crippen LogP contribution in [0.25, 0.3) is 10.8 Å². The van der Waals surface area contributed by atoms with E-state index in [0.717, 1.165) is 10.8 Å². The van der Waals surface area contributed by atoms with Crippen LogP contribution in [-0.4, -0.2) is 23.6 Å². The molecule has 0 fully saturated rings. The third-order valence-corrected chi connectivity index (χ3v) is 3.61. The van der Waals surface area contributed by atoms with Crippen LogP contribution in [0.5, 0.6) is 0 Å². The summed E-state index contributed by atoms with van der Waals surface area (Å²) in [6, 6.07) is 14.4. The minimum Gasteiger partial charge on any atom is -0.462 e. The van der Waals surface area contributed by atoms with Crippen molar-refractivity contribution < 1.29 is 19.0 Å². The van der Waals surface area contributed by atoms with Crippen molar-refractivity contribution in [2.75, 3.05) is 11.9 Å². The molecule has 126 valence electrons. The molecule has 0 saturated heterocycles. The lowest BCUT2D eigenvalue weighted by Gasteiger charge is -2.05. The van der Waals surface area contributed by atoms with Gasteiger partial charge >= 0.3 is 5.97 Å². The van der Waals surface area contributed by atoms with Gasteiger partial charge in [0.15, 0.2) is 0 Å². The van der Waals surface area contributed by atoms with E-state index in [-0.39, 0.29) is 18.4 Å². The maximum Gasteiger partial charge on any atom is 0.338 e. The highest BCUT2D eigenvalue weighted by Gasteiger charge is 2.13. The van der Waals surface area contributed by atoms with Gasteiger partial charge in [0.05, 0.1) is 12.2 Å². The number of hydrogen-bond acceptors (Lipinski definition) is 4. The van der Waals surface area contributed by atoms with Gasteiger partial charge < -0.3 is 10.1 Å². The molecule has 0 aliphatic heterocycles. The Labute approximate surface area is 145 Å². The van der Waals surface area contributed by atoms with Crippen LogP contribution in [0.1, 0.15) is 17.3 Å². The lowest BCUT2D eigenvalue weighted by molar-refractivity contribution is -0.740. The van der Waals surface area contributed by atoms with E-state index in [4.69, 9.17) is 4.74 Å². The number of nitrogens with one attached hydrogen (secondary N) is 1. The largest absolute Gasteiger partial charge is 0.462 e. The number of carbonyl (C=O) groups is 2. The lowest BCUT2D eigenvalue weighted by Crippen LogP contribution is -2.43. The van der Waals surface area contributed by atoms with Gasteiger partial charge in [-0.3, -0.25) is 4.79 Å². The molecule has 0 bridgehead atoms. The fourth-order valence-electron chi connectivity index (χ4n) is 2.41. The first-order valence-electron chi connectivity index (χ1n) is 7.97. The predicted molar refractivity (Wildman–Crippen MR) is 93.0 cm³/mol. The summed E-state index contributed by atoms with van der Waals surface area (Å²) in [5, 5.41) is 9.07. The number of amides is 1. The highest BCUT2D eigenvalue weighted by molar-refractivity contribution is 5.92. The summed E-state index contributed by atoms with van der Waals surface area (Å²) in [5.74, 6) is -0.576. The molecule has 0 aliphatic carbocycles. The summed E-state index contributed by atoms with van der Waals surface area (Å²) in [6.07, 6.45) is 3.56. The van der Waals surface area contributed by atoms with Crippen molar-refractivity contribution in [3.05, 3.63) is 66.5 Å². The number of nitrogens with zero attached hydrogens (tertiary/aromatic N) is 2. The minimum atomic E-state index is -0.378. The summed E-state index contributed by atoms with van der Waals surface area (Å²) >= 11 is 0. The summed E-state index contributed by atoms with van der Waals surface area (Å²) in [4.78, 5) is 23.8. The average molecular weight is 336 g/mol. The molecule has 1 N–H and O–H groups in total. The maximum atomic E-state index is 12.2. The van der Waals surface area contributed by atoms with Gasteiger partial charge in [-0.2, -0.15) is 0 Å². The van der Waals surface area contributed by atoms with Gasteiger partial charge in [-0.25, -0.2) is 4.79 Å². The van der Waals surface area contributed by atoms with Gasteiger partial charge in [0, 0.05) is 16.5 Å². The van der Waals surface area contributed by atoms with Crippen LogP contribution in [0.4, 0.5) is 5.69 Å². The molecule has 0 aliphatic rings. The summed E-state index contributed by atoms with van der Waals surface area (Å²) in [5.41, 5.74) is 1.06. The monoisotopic (exact) mass is 336 g/mol. The smallest absolute Gasteiger partial charge is 0.338 e. The number of hydrogen-bond donors (Lipinski definition) is 1. The van der Waals surface area contributed by atoms with Crippen LogP contribution < -0.4 is 10.00 Å². The van der Waals surface area contributed by atoms with Crippen molar-refractivity contribution in [2.45, 2.75) is 13.5 Å². The quantitative estimate of drug-likeness (QED) is 0.573. The Kier molecular flexibility index (Phi) is 4.99. The summed E-state index contributed by atoms with van der Waals surface area (Å²) < 4.78 is 6.51. The van der Waals surface area contributed by atoms with Crippen LogP contribution in [0.15, 0.2) is 60.9 Å². The van der Waals surface area contributed by atoms with Crippen LogP contribution in [0.2, 0.25) is 0 Å². The zero-order chi connectivity index (χ0) is 17.6. The number of aromatic nitrogens is 2. The first-order valence-corrected chi connectivity index (χ1v) is 7.97. The summed E-state index contributed by atoms with van der Waals surface area (Å²) in [6.45, 7) is 2.18. The highest BCUT2D eigenvalue weighted by Crippen LogP contribution is 2.11. The van der Waals surface area contributed by atoms with Crippen LogP contribution in [0, 0.1) is 0 Å². The molecular weight excluding hydrogens is 318 g/mol. The Morgan fingerprint density at radius 1 is 1.08 bits per heavy atom. The molecular formula is C19H18N3O3+. The van der Waals surface area contributed by atoms with E-state index >= 15 is 0 Å². The molecule has 0 radical (unpaired) electrons. The topological polar surface area (TPSA) is 72.2 Å². The van der Waals surface area contributed by atoms with Gasteiger partial charge in [0.25, 0.3) is 12.5 Å². The van der Waals surface area contributed by atoms with Crippen molar-refractivity contribution >= 4 is 28.3 Å². The first kappa shape index (κ1) is 16.6. The molecule has 2 aromatic carbocycles. The van der Waals surface area contributed by atoms with Gasteiger partial charge in [-0.15, -0.1) is 0 Å². The van der Waals surface area contributed by atoms with Gasteiger partial charge in [-0.1, -0.05) is 22.9 Å². The van der Waals surface area contributed by atoms with E-state index in [9.17, 15) is 9.59 Å². The average Bonchev–Trinajstić information content (AvgIpc) is 2.62. The molecule has 3 aromatic rings. The molecule has 6 nitrogen and oxygen atoms in total. The van der Waals surface area contributed by atoms with Crippen molar-refractivity contribution in [1.29, 1.82) is 0 Å². The Hall–Kier alpha value is -3.28. The fraction of sp³-hybridized carbons (Fsp3) is 0.158. The van der Waals surface area contributed by atoms with Crippen LogP contribution in [-0.2, 0) is 16.1 Å². The normalized spacial score (nSPS) is 10.4. The first-order chi connectivity index (χ1) is 12.2. The van der Waals surface area contributed by atoms with E-state index in [1.54, 1.807) is 42.1 Å². The second-order valence-electron chi connectivity index (χ2n) is 5.45. The molecule has 25 heavy (non-hydrogen) atoms. The van der Waals surface area contributed by atoms with Crippen molar-refractivity contribution in [3.63, 3.8) is 0 Å². The molecule has 0 saturated carbocycles. The lowest BCUT2D eigenvalue weighted by atomic mass is 10.2. The molecule has 1 aromatic heterocycles. The van der Waals surface area contributed by atoms with E-state index in [2.05, 4.69) is 10.4 Å². The number of benzene rings is 2. The zero-order valence-corrected chi connectivity index (χ0v) is 13.8. The zero-order valence-electron chi connectivity index (χ0n) is 13.8. The summed E-state index contributed by atoms with van der Waals surface area (Å²) in [7, 11) is 0. The number of carbonyl (C=O) groups excluding carboxylic acids is 2. The van der Waals surface area contributed by atoms with E-state index in [1.165, 1.54) is 0 Å². The molecule has 1 heterocycles. The predicted octanol–water partition coefficient (Wildman–Crippen LogP) is 2.34. The molecule has 6 heteroatoms. The number of rotatable bonds is 5. The van der Waals surface area contributed by atoms with Crippen LogP contribution in [0.3, 0.4) is 0 Å². The van der Waals surface area contributed by atoms with E-state index < -0.39 is 0 Å². The van der Waals surface area contributed by atoms with Crippen LogP contribution >= 0.6 is 0 Å². The van der Waals surface area contributed by atoms with Gasteiger partial charge in [0.2, 0.25) is 6.20 Å². The number of fused-ring (bicyclic) bond motifs is 1. The molecule has 1 amide bonds. The third-order valence-electron chi connectivity index (χ3n) is 3.61. The second-order valence-corrected chi connectivity index (χ2v) is 5.45.